The van der Waals surface area contributed by atoms with E-state index in [1.807, 2.05) is 19.1 Å². The number of aryl methyl sites for hydroxylation is 1. The molecule has 1 aromatic heterocycles. The Bertz CT molecular complexity index is 598. The van der Waals surface area contributed by atoms with Gasteiger partial charge in [0.15, 0.2) is 0 Å². The molecule has 2 rings (SSSR count). The van der Waals surface area contributed by atoms with Crippen LogP contribution in [0.5, 0.6) is 0 Å². The zero-order valence-corrected chi connectivity index (χ0v) is 11.6. The number of thioether (sulfide) groups is 1. The van der Waals surface area contributed by atoms with Crippen molar-refractivity contribution in [2.75, 3.05) is 6.54 Å². The lowest BCUT2D eigenvalue weighted by atomic mass is 10.3. The molecule has 0 aromatic carbocycles. The van der Waals surface area contributed by atoms with E-state index in [0.717, 1.165) is 22.4 Å². The van der Waals surface area contributed by atoms with Crippen LogP contribution in [0.3, 0.4) is 0 Å². The fraction of sp³-hybridized carbons (Fsp3) is 0.167. The van der Waals surface area contributed by atoms with Gasteiger partial charge in [0.05, 0.1) is 23.1 Å². The third-order valence-corrected chi connectivity index (χ3v) is 3.73. The van der Waals surface area contributed by atoms with Crippen LogP contribution in [0.25, 0.3) is 6.08 Å². The normalized spacial score (nSPS) is 17.3. The van der Waals surface area contributed by atoms with E-state index in [0.29, 0.717) is 10.6 Å². The quantitative estimate of drug-likeness (QED) is 0.591. The lowest BCUT2D eigenvalue weighted by Crippen LogP contribution is -2.40. The van der Waals surface area contributed by atoms with Crippen molar-refractivity contribution in [1.82, 2.24) is 9.88 Å². The number of amides is 1. The number of aromatic nitrogens is 1. The molecular weight excluding hydrogens is 284 g/mol. The van der Waals surface area contributed by atoms with Gasteiger partial charge >= 0.3 is 0 Å². The minimum atomic E-state index is -1.34. The van der Waals surface area contributed by atoms with Crippen molar-refractivity contribution < 1.29 is 14.7 Å². The molecule has 98 valence electrons. The molecule has 0 aliphatic carbocycles. The lowest BCUT2D eigenvalue weighted by molar-refractivity contribution is -0.305. The summed E-state index contributed by atoms with van der Waals surface area (Å²) < 4.78 is 0.216. The zero-order chi connectivity index (χ0) is 14.0. The fourth-order valence-electron chi connectivity index (χ4n) is 1.54. The fourth-order valence-corrected chi connectivity index (χ4v) is 2.78. The number of pyridine rings is 1. The highest BCUT2D eigenvalue weighted by molar-refractivity contribution is 8.26. The lowest BCUT2D eigenvalue weighted by Gasteiger charge is -2.14. The second-order valence-electron chi connectivity index (χ2n) is 3.84. The van der Waals surface area contributed by atoms with E-state index in [1.165, 1.54) is 0 Å². The summed E-state index contributed by atoms with van der Waals surface area (Å²) >= 11 is 6.03. The Morgan fingerprint density at radius 2 is 2.32 bits per heavy atom. The van der Waals surface area contributed by atoms with Gasteiger partial charge in [0, 0.05) is 5.69 Å². The van der Waals surface area contributed by atoms with Crippen molar-refractivity contribution >= 4 is 46.3 Å². The first-order valence-corrected chi connectivity index (χ1v) is 6.59. The Kier molecular flexibility index (Phi) is 3.96. The number of nitrogens with zero attached hydrogens (tertiary/aromatic N) is 2. The molecule has 0 radical (unpaired) electrons. The molecule has 0 N–H and O–H groups in total. The first-order valence-electron chi connectivity index (χ1n) is 5.36. The van der Waals surface area contributed by atoms with Crippen molar-refractivity contribution in [2.45, 2.75) is 6.92 Å². The van der Waals surface area contributed by atoms with Gasteiger partial charge < -0.3 is 9.90 Å². The van der Waals surface area contributed by atoms with E-state index >= 15 is 0 Å². The van der Waals surface area contributed by atoms with Crippen LogP contribution in [0, 0.1) is 6.92 Å². The zero-order valence-electron chi connectivity index (χ0n) is 9.95. The van der Waals surface area contributed by atoms with Crippen molar-refractivity contribution in [3.05, 3.63) is 34.5 Å². The number of rotatable bonds is 3. The maximum atomic E-state index is 12.0. The number of hydrogen-bond donors (Lipinski definition) is 0. The molecule has 0 spiro atoms. The summed E-state index contributed by atoms with van der Waals surface area (Å²) in [4.78, 5) is 28.1. The SMILES string of the molecule is Cc1cccc(/C=C2/SC(=S)N(CC(=O)[O-])C2=O)n1. The summed E-state index contributed by atoms with van der Waals surface area (Å²) in [7, 11) is 0. The monoisotopic (exact) mass is 293 g/mol. The maximum Gasteiger partial charge on any atom is 0.266 e. The molecule has 1 fully saturated rings. The third kappa shape index (κ3) is 3.18. The van der Waals surface area contributed by atoms with Crippen LogP contribution < -0.4 is 5.11 Å². The van der Waals surface area contributed by atoms with Crippen LogP contribution in [0.2, 0.25) is 0 Å². The largest absolute Gasteiger partial charge is 0.548 e. The van der Waals surface area contributed by atoms with Crippen LogP contribution >= 0.6 is 24.0 Å². The van der Waals surface area contributed by atoms with E-state index in [1.54, 1.807) is 12.1 Å². The molecule has 0 saturated carbocycles. The number of thiocarbonyl (C=S) groups is 1. The topological polar surface area (TPSA) is 73.3 Å². The third-order valence-electron chi connectivity index (χ3n) is 2.35. The Balaban J connectivity index is 2.25. The summed E-state index contributed by atoms with van der Waals surface area (Å²) in [5.41, 5.74) is 1.47. The van der Waals surface area contributed by atoms with Crippen molar-refractivity contribution in [1.29, 1.82) is 0 Å². The Morgan fingerprint density at radius 3 is 2.95 bits per heavy atom. The predicted octanol–water partition coefficient (Wildman–Crippen LogP) is 0.341. The highest BCUT2D eigenvalue weighted by Gasteiger charge is 2.31. The first kappa shape index (κ1) is 13.7. The second-order valence-corrected chi connectivity index (χ2v) is 5.52. The minimum Gasteiger partial charge on any atom is -0.548 e. The Labute approximate surface area is 119 Å². The van der Waals surface area contributed by atoms with Gasteiger partial charge in [-0.1, -0.05) is 30.0 Å². The summed E-state index contributed by atoms with van der Waals surface area (Å²) in [6.45, 7) is 1.32. The molecule has 1 amide bonds. The molecule has 19 heavy (non-hydrogen) atoms. The highest BCUT2D eigenvalue weighted by atomic mass is 32.2. The highest BCUT2D eigenvalue weighted by Crippen LogP contribution is 2.31. The second kappa shape index (κ2) is 5.50. The molecule has 5 nitrogen and oxygen atoms in total. The number of hydrogen-bond acceptors (Lipinski definition) is 6. The van der Waals surface area contributed by atoms with Crippen LogP contribution in [-0.4, -0.2) is 32.6 Å². The summed E-state index contributed by atoms with van der Waals surface area (Å²) in [5, 5.41) is 10.6. The molecule has 1 aliphatic rings. The van der Waals surface area contributed by atoms with Crippen LogP contribution in [-0.2, 0) is 9.59 Å². The molecule has 0 bridgehead atoms. The molecule has 1 aromatic rings. The molecular formula is C12H9N2O3S2-. The van der Waals surface area contributed by atoms with Gasteiger partial charge in [-0.2, -0.15) is 0 Å². The van der Waals surface area contributed by atoms with E-state index in [9.17, 15) is 14.7 Å². The van der Waals surface area contributed by atoms with E-state index < -0.39 is 18.4 Å². The first-order chi connectivity index (χ1) is 8.97. The smallest absolute Gasteiger partial charge is 0.266 e. The van der Waals surface area contributed by atoms with Crippen LogP contribution in [0.15, 0.2) is 23.1 Å². The van der Waals surface area contributed by atoms with E-state index in [2.05, 4.69) is 4.98 Å². The van der Waals surface area contributed by atoms with Crippen molar-refractivity contribution in [3.8, 4) is 0 Å². The summed E-state index contributed by atoms with van der Waals surface area (Å²) in [5.74, 6) is -1.77. The molecule has 0 unspecified atom stereocenters. The van der Waals surface area contributed by atoms with Gasteiger partial charge in [-0.3, -0.25) is 14.7 Å². The molecule has 7 heteroatoms. The van der Waals surface area contributed by atoms with Gasteiger partial charge in [0.1, 0.15) is 4.32 Å². The molecule has 1 saturated heterocycles. The average molecular weight is 293 g/mol. The van der Waals surface area contributed by atoms with Crippen LogP contribution in [0.4, 0.5) is 0 Å². The van der Waals surface area contributed by atoms with Gasteiger partial charge in [-0.05, 0) is 25.1 Å². The van der Waals surface area contributed by atoms with Gasteiger partial charge in [-0.25, -0.2) is 0 Å². The summed E-state index contributed by atoms with van der Waals surface area (Å²) in [6, 6.07) is 5.44. The van der Waals surface area contributed by atoms with Crippen molar-refractivity contribution in [2.24, 2.45) is 0 Å². The molecule has 1 aliphatic heterocycles. The number of carboxylic acids is 1. The molecule has 0 atom stereocenters. The standard InChI is InChI=1S/C12H10N2O3S2/c1-7-3-2-4-8(13-7)5-9-11(17)14(6-10(15)16)12(18)19-9/h2-5H,6H2,1H3,(H,15,16)/p-1/b9-5+. The van der Waals surface area contributed by atoms with Crippen LogP contribution in [0.1, 0.15) is 11.4 Å². The summed E-state index contributed by atoms with van der Waals surface area (Å²) in [6.07, 6.45) is 1.60. The van der Waals surface area contributed by atoms with Gasteiger partial charge in [0.25, 0.3) is 5.91 Å². The van der Waals surface area contributed by atoms with Gasteiger partial charge in [-0.15, -0.1) is 0 Å². The number of carbonyl (C=O) groups is 2. The maximum absolute atomic E-state index is 12.0. The Morgan fingerprint density at radius 1 is 1.58 bits per heavy atom. The minimum absolute atomic E-state index is 0.216. The molecule has 2 heterocycles. The average Bonchev–Trinajstić information content (AvgIpc) is 2.57. The van der Waals surface area contributed by atoms with Crippen molar-refractivity contribution in [3.63, 3.8) is 0 Å². The number of carboxylic acid groups (broad SMARTS) is 1. The van der Waals surface area contributed by atoms with E-state index in [-0.39, 0.29) is 4.32 Å². The van der Waals surface area contributed by atoms with Gasteiger partial charge in [0.2, 0.25) is 0 Å². The number of aliphatic carboxylic acids is 1. The number of carbonyl (C=O) groups excluding carboxylic acids is 2. The predicted molar refractivity (Wildman–Crippen MR) is 73.9 cm³/mol. The Hall–Kier alpha value is -1.73. The van der Waals surface area contributed by atoms with E-state index in [4.69, 9.17) is 12.2 Å².